The molecule has 4 rings (SSSR count). The topological polar surface area (TPSA) is 52.7 Å². The minimum atomic E-state index is -0.706. The number of carbonyl (C=O) groups is 2. The molecule has 1 N–H and O–H groups in total. The largest absolute Gasteiger partial charge is 0.342 e. The van der Waals surface area contributed by atoms with Crippen molar-refractivity contribution in [1.29, 1.82) is 0 Å². The van der Waals surface area contributed by atoms with E-state index < -0.39 is 5.54 Å². The molecule has 1 aromatic rings. The van der Waals surface area contributed by atoms with Gasteiger partial charge in [0.1, 0.15) is 11.6 Å². The lowest BCUT2D eigenvalue weighted by molar-refractivity contribution is -0.162. The predicted molar refractivity (Wildman–Crippen MR) is 131 cm³/mol. The Kier molecular flexibility index (Phi) is 9.01. The summed E-state index contributed by atoms with van der Waals surface area (Å²) in [5.41, 5.74) is 0.555. The van der Waals surface area contributed by atoms with Crippen LogP contribution in [0.2, 0.25) is 0 Å². The van der Waals surface area contributed by atoms with Crippen molar-refractivity contribution in [3.05, 3.63) is 35.9 Å². The summed E-state index contributed by atoms with van der Waals surface area (Å²) in [6, 6.07) is 10.1. The van der Waals surface area contributed by atoms with Gasteiger partial charge in [-0.05, 0) is 43.7 Å². The average Bonchev–Trinajstić information content (AvgIpc) is 2.79. The van der Waals surface area contributed by atoms with Crippen LogP contribution < -0.4 is 5.32 Å². The summed E-state index contributed by atoms with van der Waals surface area (Å²) in [6.07, 6.45) is 10.8. The van der Waals surface area contributed by atoms with Gasteiger partial charge in [0.2, 0.25) is 11.8 Å². The number of nitrogens with zero attached hydrogens (tertiary/aromatic N) is 2. The lowest BCUT2D eigenvalue weighted by Crippen LogP contribution is -2.74. The maximum atomic E-state index is 13.7. The number of rotatable bonds is 7. The fourth-order valence-electron chi connectivity index (χ4n) is 5.94. The van der Waals surface area contributed by atoms with Gasteiger partial charge in [-0.15, -0.1) is 12.4 Å². The van der Waals surface area contributed by atoms with E-state index in [0.717, 1.165) is 45.2 Å². The molecule has 5 nitrogen and oxygen atoms in total. The first kappa shape index (κ1) is 25.0. The Morgan fingerprint density at radius 1 is 1.06 bits per heavy atom. The summed E-state index contributed by atoms with van der Waals surface area (Å²) in [5, 5.41) is 3.21. The van der Waals surface area contributed by atoms with E-state index in [1.54, 1.807) is 0 Å². The van der Waals surface area contributed by atoms with Gasteiger partial charge in [0, 0.05) is 19.6 Å². The van der Waals surface area contributed by atoms with Gasteiger partial charge in [0.05, 0.1) is 0 Å². The number of unbranched alkanes of at least 4 members (excludes halogenated alkanes) is 1. The van der Waals surface area contributed by atoms with Gasteiger partial charge in [0.25, 0.3) is 0 Å². The molecule has 32 heavy (non-hydrogen) atoms. The van der Waals surface area contributed by atoms with E-state index in [-0.39, 0.29) is 30.3 Å². The van der Waals surface area contributed by atoms with E-state index in [4.69, 9.17) is 0 Å². The Labute approximate surface area is 199 Å². The van der Waals surface area contributed by atoms with Gasteiger partial charge >= 0.3 is 0 Å². The van der Waals surface area contributed by atoms with Crippen LogP contribution in [0.5, 0.6) is 0 Å². The Bertz CT molecular complexity index is 753. The first-order valence-electron chi connectivity index (χ1n) is 12.5. The van der Waals surface area contributed by atoms with Crippen LogP contribution in [-0.2, 0) is 16.1 Å². The number of likely N-dealkylation sites (tertiary alicyclic amines) is 1. The van der Waals surface area contributed by atoms with Gasteiger partial charge < -0.3 is 10.2 Å². The first-order valence-corrected chi connectivity index (χ1v) is 12.5. The minimum Gasteiger partial charge on any atom is -0.342 e. The Morgan fingerprint density at radius 3 is 2.53 bits per heavy atom. The highest BCUT2D eigenvalue weighted by atomic mass is 35.5. The van der Waals surface area contributed by atoms with E-state index in [2.05, 4.69) is 41.4 Å². The number of piperidine rings is 1. The number of amides is 2. The highest BCUT2D eigenvalue weighted by Gasteiger charge is 2.54. The van der Waals surface area contributed by atoms with Crippen molar-refractivity contribution in [3.8, 4) is 0 Å². The second-order valence-corrected chi connectivity index (χ2v) is 9.94. The normalized spacial score (nSPS) is 27.3. The number of nitrogens with one attached hydrogen (secondary N) is 1. The molecule has 3 fully saturated rings. The van der Waals surface area contributed by atoms with Gasteiger partial charge in [-0.25, -0.2) is 0 Å². The molecule has 178 valence electrons. The van der Waals surface area contributed by atoms with E-state index in [1.165, 1.54) is 37.7 Å². The van der Waals surface area contributed by atoms with Gasteiger partial charge in [0.15, 0.2) is 0 Å². The monoisotopic (exact) mass is 461 g/mol. The quantitative estimate of drug-likeness (QED) is 0.648. The molecule has 1 saturated carbocycles. The summed E-state index contributed by atoms with van der Waals surface area (Å²) < 4.78 is 0. The van der Waals surface area contributed by atoms with E-state index in [0.29, 0.717) is 19.0 Å². The Balaban J connectivity index is 0.00000289. The van der Waals surface area contributed by atoms with Crippen molar-refractivity contribution >= 4 is 24.2 Å². The number of halogens is 1. The summed E-state index contributed by atoms with van der Waals surface area (Å²) in [7, 11) is 0. The molecule has 2 saturated heterocycles. The third kappa shape index (κ3) is 5.48. The maximum Gasteiger partial charge on any atom is 0.247 e. The third-order valence-corrected chi connectivity index (χ3v) is 7.64. The van der Waals surface area contributed by atoms with Crippen LogP contribution in [0.3, 0.4) is 0 Å². The molecule has 0 radical (unpaired) electrons. The summed E-state index contributed by atoms with van der Waals surface area (Å²) in [6.45, 7) is 5.30. The van der Waals surface area contributed by atoms with Gasteiger partial charge in [-0.3, -0.25) is 14.5 Å². The van der Waals surface area contributed by atoms with Crippen LogP contribution in [0.4, 0.5) is 0 Å². The zero-order valence-corrected chi connectivity index (χ0v) is 20.4. The fourth-order valence-corrected chi connectivity index (χ4v) is 5.94. The SMILES string of the molecule is CCCCN1C(=O)[C@H](CC2CCCCC2)NC(=O)C12CCCN(Cc1ccccc1)C2.Cl. The third-order valence-electron chi connectivity index (χ3n) is 7.64. The van der Waals surface area contributed by atoms with E-state index >= 15 is 0 Å². The van der Waals surface area contributed by atoms with Crippen LogP contribution in [-0.4, -0.2) is 52.8 Å². The molecule has 0 aromatic heterocycles. The molecular formula is C26H40ClN3O2. The molecule has 2 amide bonds. The number of hydrogen-bond donors (Lipinski definition) is 1. The zero-order chi connectivity index (χ0) is 21.7. The number of hydrogen-bond acceptors (Lipinski definition) is 3. The molecule has 2 aliphatic heterocycles. The van der Waals surface area contributed by atoms with Crippen LogP contribution in [0, 0.1) is 5.92 Å². The molecule has 2 atom stereocenters. The molecule has 1 aromatic carbocycles. The highest BCUT2D eigenvalue weighted by Crippen LogP contribution is 2.35. The van der Waals surface area contributed by atoms with Gasteiger partial charge in [-0.1, -0.05) is 75.8 Å². The molecule has 1 spiro atoms. The highest BCUT2D eigenvalue weighted by molar-refractivity contribution is 6.00. The van der Waals surface area contributed by atoms with Crippen molar-refractivity contribution in [2.24, 2.45) is 5.92 Å². The Morgan fingerprint density at radius 2 is 1.81 bits per heavy atom. The molecule has 6 heteroatoms. The van der Waals surface area contributed by atoms with Crippen LogP contribution in [0.25, 0.3) is 0 Å². The summed E-state index contributed by atoms with van der Waals surface area (Å²) >= 11 is 0. The first-order chi connectivity index (χ1) is 15.1. The van der Waals surface area contributed by atoms with Crippen LogP contribution in [0.15, 0.2) is 30.3 Å². The van der Waals surface area contributed by atoms with Crippen LogP contribution in [0.1, 0.15) is 76.7 Å². The molecule has 3 aliphatic rings. The summed E-state index contributed by atoms with van der Waals surface area (Å²) in [4.78, 5) is 31.7. The number of piperazine rings is 1. The second-order valence-electron chi connectivity index (χ2n) is 9.94. The molecule has 0 bridgehead atoms. The molecule has 1 aliphatic carbocycles. The molecule has 2 heterocycles. The smallest absolute Gasteiger partial charge is 0.247 e. The zero-order valence-electron chi connectivity index (χ0n) is 19.6. The standard InChI is InChI=1S/C26H39N3O2.ClH/c1-2-3-17-29-24(30)23(18-21-11-6-4-7-12-21)27-25(31)26(29)15-10-16-28(20-26)19-22-13-8-5-9-14-22;/h5,8-9,13-14,21,23H,2-4,6-7,10-12,15-20H2,1H3,(H,27,31);1H/t23-,26?;/m0./s1. The maximum absolute atomic E-state index is 13.7. The van der Waals surface area contributed by atoms with Gasteiger partial charge in [-0.2, -0.15) is 0 Å². The average molecular weight is 462 g/mol. The lowest BCUT2D eigenvalue weighted by atomic mass is 9.79. The van der Waals surface area contributed by atoms with E-state index in [1.807, 2.05) is 11.0 Å². The van der Waals surface area contributed by atoms with Crippen molar-refractivity contribution in [2.45, 2.75) is 89.3 Å². The molecular weight excluding hydrogens is 422 g/mol. The van der Waals surface area contributed by atoms with Crippen molar-refractivity contribution in [1.82, 2.24) is 15.1 Å². The minimum absolute atomic E-state index is 0. The molecule has 1 unspecified atom stereocenters. The Hall–Kier alpha value is -1.59. The van der Waals surface area contributed by atoms with Crippen LogP contribution >= 0.6 is 12.4 Å². The second kappa shape index (κ2) is 11.5. The van der Waals surface area contributed by atoms with Crippen molar-refractivity contribution in [3.63, 3.8) is 0 Å². The lowest BCUT2D eigenvalue weighted by Gasteiger charge is -2.52. The number of benzene rings is 1. The van der Waals surface area contributed by atoms with Crippen molar-refractivity contribution < 1.29 is 9.59 Å². The number of carbonyl (C=O) groups excluding carboxylic acids is 2. The predicted octanol–water partition coefficient (Wildman–Crippen LogP) is 4.54. The fraction of sp³-hybridized carbons (Fsp3) is 0.692. The summed E-state index contributed by atoms with van der Waals surface area (Å²) in [5.74, 6) is 0.827. The van der Waals surface area contributed by atoms with E-state index in [9.17, 15) is 9.59 Å². The van der Waals surface area contributed by atoms with Crippen molar-refractivity contribution in [2.75, 3.05) is 19.6 Å².